The first-order chi connectivity index (χ1) is 20.2. The van der Waals surface area contributed by atoms with Gasteiger partial charge in [-0.05, 0) is 32.4 Å². The molecule has 2 saturated carbocycles. The van der Waals surface area contributed by atoms with Gasteiger partial charge < -0.3 is 15.0 Å². The van der Waals surface area contributed by atoms with Crippen molar-refractivity contribution in [3.8, 4) is 6.07 Å². The van der Waals surface area contributed by atoms with E-state index in [0.29, 0.717) is 36.2 Å². The van der Waals surface area contributed by atoms with Gasteiger partial charge in [-0.2, -0.15) is 5.26 Å². The fourth-order valence-electron chi connectivity index (χ4n) is 6.50. The van der Waals surface area contributed by atoms with Crippen molar-refractivity contribution in [2.24, 2.45) is 0 Å². The summed E-state index contributed by atoms with van der Waals surface area (Å²) in [6, 6.07) is 4.35. The number of nitrogens with zero attached hydrogens (tertiary/aromatic N) is 6. The summed E-state index contributed by atoms with van der Waals surface area (Å²) in [5, 5.41) is 15.8. The second-order valence-corrected chi connectivity index (χ2v) is 11.6. The smallest absolute Gasteiger partial charge is 0.328 e. The number of hydrogen-bond acceptors (Lipinski definition) is 9. The largest absolute Gasteiger partial charge is 0.379 e. The third kappa shape index (κ3) is 4.94. The highest BCUT2D eigenvalue weighted by Gasteiger charge is 2.57. The highest BCUT2D eigenvalue weighted by molar-refractivity contribution is 6.03. The lowest BCUT2D eigenvalue weighted by Crippen LogP contribution is -2.60. The number of carbonyl (C=O) groups excluding carboxylic acids is 3. The van der Waals surface area contributed by atoms with Gasteiger partial charge in [0.1, 0.15) is 29.1 Å². The van der Waals surface area contributed by atoms with Crippen LogP contribution in [-0.4, -0.2) is 90.0 Å². The molecule has 3 fully saturated rings. The molecule has 2 atom stereocenters. The Hall–Kier alpha value is -4.15. The fourth-order valence-corrected chi connectivity index (χ4v) is 6.50. The predicted molar refractivity (Wildman–Crippen MR) is 151 cm³/mol. The number of nitrogens with one attached hydrogen (secondary N) is 2. The molecule has 12 nitrogen and oxygen atoms in total. The second-order valence-electron chi connectivity index (χ2n) is 11.6. The predicted octanol–water partition coefficient (Wildman–Crippen LogP) is 2.79. The number of halogens is 1. The van der Waals surface area contributed by atoms with Gasteiger partial charge in [-0.3, -0.25) is 24.7 Å². The topological polar surface area (TPSA) is 144 Å². The van der Waals surface area contributed by atoms with Crippen LogP contribution in [0.4, 0.5) is 26.5 Å². The highest BCUT2D eigenvalue weighted by atomic mass is 19.1. The zero-order valence-electron chi connectivity index (χ0n) is 23.6. The number of anilines is 3. The molecule has 1 saturated heterocycles. The van der Waals surface area contributed by atoms with Gasteiger partial charge in [0, 0.05) is 69.0 Å². The van der Waals surface area contributed by atoms with Crippen LogP contribution in [0.2, 0.25) is 0 Å². The number of urea groups is 1. The molecular weight excluding hydrogens is 543 g/mol. The average Bonchev–Trinajstić information content (AvgIpc) is 3.41. The SMILES string of the molecule is CO[C@H]1CCC[C@@H]1Nc1cc(NC(=O)N2c3nc(C=O)c(CN4CCN(C)CC4=O)cc3C3(F)CC2C3)ncc1C#N. The van der Waals surface area contributed by atoms with Gasteiger partial charge in [0.25, 0.3) is 0 Å². The minimum absolute atomic E-state index is 0.0181. The number of alkyl halides is 1. The Labute approximate surface area is 242 Å². The summed E-state index contributed by atoms with van der Waals surface area (Å²) in [6.45, 7) is 1.59. The van der Waals surface area contributed by atoms with Crippen molar-refractivity contribution in [1.29, 1.82) is 5.26 Å². The number of hydrogen-bond donors (Lipinski definition) is 2. The average molecular weight is 577 g/mol. The molecule has 220 valence electrons. The Bertz CT molecular complexity index is 1470. The third-order valence-electron chi connectivity index (χ3n) is 8.87. The molecular formula is C29H33FN8O4. The fraction of sp³-hybridized carbons (Fsp3) is 0.517. The van der Waals surface area contributed by atoms with E-state index >= 15 is 4.39 Å². The van der Waals surface area contributed by atoms with Crippen molar-refractivity contribution >= 4 is 35.5 Å². The second kappa shape index (κ2) is 10.9. The Morgan fingerprint density at radius 2 is 2.12 bits per heavy atom. The zero-order chi connectivity index (χ0) is 29.6. The van der Waals surface area contributed by atoms with Crippen molar-refractivity contribution in [2.75, 3.05) is 49.3 Å². The van der Waals surface area contributed by atoms with Gasteiger partial charge in [-0.1, -0.05) is 0 Å². The Morgan fingerprint density at radius 1 is 1.31 bits per heavy atom. The Morgan fingerprint density at radius 3 is 2.83 bits per heavy atom. The van der Waals surface area contributed by atoms with Crippen LogP contribution in [0.5, 0.6) is 0 Å². The number of likely N-dealkylation sites (N-methyl/N-ethyl adjacent to an activating group) is 1. The quantitative estimate of drug-likeness (QED) is 0.476. The molecule has 5 aliphatic rings. The number of rotatable bonds is 7. The summed E-state index contributed by atoms with van der Waals surface area (Å²) in [5.74, 6) is 0.230. The van der Waals surface area contributed by atoms with Crippen molar-refractivity contribution in [3.63, 3.8) is 0 Å². The molecule has 2 aliphatic carbocycles. The summed E-state index contributed by atoms with van der Waals surface area (Å²) in [4.78, 5) is 51.9. The maximum Gasteiger partial charge on any atom is 0.328 e. The molecule has 7 rings (SSSR count). The van der Waals surface area contributed by atoms with Crippen molar-refractivity contribution in [3.05, 3.63) is 40.7 Å². The molecule has 5 heterocycles. The molecule has 13 heteroatoms. The maximum absolute atomic E-state index is 15.9. The number of nitriles is 1. The van der Waals surface area contributed by atoms with Gasteiger partial charge in [0.2, 0.25) is 5.91 Å². The van der Waals surface area contributed by atoms with E-state index in [1.807, 2.05) is 11.9 Å². The summed E-state index contributed by atoms with van der Waals surface area (Å²) < 4.78 is 21.4. The van der Waals surface area contributed by atoms with E-state index in [1.165, 1.54) is 11.1 Å². The lowest BCUT2D eigenvalue weighted by molar-refractivity contribution is -0.136. The molecule has 0 spiro atoms. The van der Waals surface area contributed by atoms with E-state index in [4.69, 9.17) is 4.74 Å². The molecule has 0 radical (unpaired) electrons. The minimum Gasteiger partial charge on any atom is -0.379 e. The highest BCUT2D eigenvalue weighted by Crippen LogP contribution is 2.56. The first-order valence-corrected chi connectivity index (χ1v) is 14.2. The molecule has 0 aromatic carbocycles. The van der Waals surface area contributed by atoms with Crippen LogP contribution in [0.15, 0.2) is 18.3 Å². The number of pyridine rings is 2. The normalized spacial score (nSPS) is 26.7. The molecule has 2 bridgehead atoms. The van der Waals surface area contributed by atoms with Crippen LogP contribution in [-0.2, 0) is 21.7 Å². The van der Waals surface area contributed by atoms with Gasteiger partial charge in [0.15, 0.2) is 6.29 Å². The first kappa shape index (κ1) is 28.0. The summed E-state index contributed by atoms with van der Waals surface area (Å²) in [7, 11) is 3.53. The molecule has 3 amide bonds. The van der Waals surface area contributed by atoms with Gasteiger partial charge >= 0.3 is 6.03 Å². The van der Waals surface area contributed by atoms with E-state index in [2.05, 4.69) is 26.7 Å². The first-order valence-electron chi connectivity index (χ1n) is 14.2. The summed E-state index contributed by atoms with van der Waals surface area (Å²) in [5.41, 5.74) is -0.0286. The molecule has 0 unspecified atom stereocenters. The number of carbonyl (C=O) groups is 3. The molecule has 42 heavy (non-hydrogen) atoms. The van der Waals surface area contributed by atoms with E-state index in [9.17, 15) is 19.6 Å². The lowest BCUT2D eigenvalue weighted by Gasteiger charge is -2.52. The van der Waals surface area contributed by atoms with Crippen LogP contribution in [0.25, 0.3) is 0 Å². The minimum atomic E-state index is -1.66. The van der Waals surface area contributed by atoms with Crippen LogP contribution >= 0.6 is 0 Å². The van der Waals surface area contributed by atoms with Crippen LogP contribution in [0.1, 0.15) is 59.3 Å². The summed E-state index contributed by atoms with van der Waals surface area (Å²) >= 11 is 0. The van der Waals surface area contributed by atoms with E-state index in [-0.39, 0.29) is 66.9 Å². The number of amides is 3. The van der Waals surface area contributed by atoms with E-state index in [0.717, 1.165) is 19.3 Å². The van der Waals surface area contributed by atoms with Crippen LogP contribution < -0.4 is 15.5 Å². The van der Waals surface area contributed by atoms with Crippen molar-refractivity contribution in [1.82, 2.24) is 19.8 Å². The monoisotopic (exact) mass is 576 g/mol. The standard InChI is InChI=1S/C29H33FN8O4/c1-36-6-7-37(26(40)15-36)14-17-8-20-27(34-23(17)16-39)38(19-10-29(20,30)11-19)28(41)35-25-9-22(18(12-31)13-32-25)33-21-4-3-5-24(21)42-2/h8-9,13,16,19,21,24H,3-7,10-11,14-15H2,1-2H3,(H2,32,33,35,41)/t19?,21-,24-,29?/m0/s1. The maximum atomic E-state index is 15.9. The Balaban J connectivity index is 1.26. The molecule has 2 aromatic heterocycles. The van der Waals surface area contributed by atoms with Crippen LogP contribution in [0, 0.1) is 11.3 Å². The number of methoxy groups -OCH3 is 1. The van der Waals surface area contributed by atoms with Crippen molar-refractivity contribution in [2.45, 2.75) is 62.5 Å². The van der Waals surface area contributed by atoms with E-state index < -0.39 is 17.7 Å². The summed E-state index contributed by atoms with van der Waals surface area (Å²) in [6.07, 6.45) is 5.01. The van der Waals surface area contributed by atoms with Gasteiger partial charge in [0.05, 0.1) is 29.9 Å². The van der Waals surface area contributed by atoms with Crippen LogP contribution in [0.3, 0.4) is 0 Å². The molecule has 3 aliphatic heterocycles. The van der Waals surface area contributed by atoms with Crippen molar-refractivity contribution < 1.29 is 23.5 Å². The molecule has 2 N–H and O–H groups in total. The number of aldehydes is 1. The van der Waals surface area contributed by atoms with E-state index in [1.54, 1.807) is 24.1 Å². The zero-order valence-corrected chi connectivity index (χ0v) is 23.6. The lowest BCUT2D eigenvalue weighted by atomic mass is 9.68. The van der Waals surface area contributed by atoms with Gasteiger partial charge in [-0.25, -0.2) is 19.2 Å². The number of ether oxygens (including phenoxy) is 1. The van der Waals surface area contributed by atoms with Gasteiger partial charge in [-0.15, -0.1) is 0 Å². The number of aromatic nitrogens is 2. The molecule has 2 aromatic rings. The third-order valence-corrected chi connectivity index (χ3v) is 8.87. The Kier molecular flexibility index (Phi) is 7.28. The number of piperazine rings is 1.